The lowest BCUT2D eigenvalue weighted by Crippen LogP contribution is -2.30. The first-order chi connectivity index (χ1) is 43.6. The van der Waals surface area contributed by atoms with E-state index >= 15 is 0 Å². The summed E-state index contributed by atoms with van der Waals surface area (Å²) >= 11 is 0. The standard InChI is InChI=1S/C71H138O17P2/c1-6-10-13-16-17-18-19-20-21-22-23-24-25-26-27-28-33-36-39-42-47-52-57-71(76)88-67(61-82-69(74)55-50-46-41-38-35-32-30-29-31-34-37-40-45-48-53-64(5)9-4)63-86-90(79,80)84-59-65(72)58-83-89(77,78)85-62-66(87-70(75)56-51-44-15-12-8-3)60-81-68(73)54-49-43-14-11-7-2/h64-67,72H,6-63H2,1-5H3,(H,77,78)(H,79,80)/t64?,65-,66+,67+/m0/s1. The number of carbonyl (C=O) groups excluding carboxylic acids is 4. The van der Waals surface area contributed by atoms with Crippen LogP contribution in [-0.2, 0) is 65.4 Å². The van der Waals surface area contributed by atoms with Crippen LogP contribution in [0.3, 0.4) is 0 Å². The van der Waals surface area contributed by atoms with E-state index < -0.39 is 97.5 Å². The van der Waals surface area contributed by atoms with Crippen molar-refractivity contribution in [3.05, 3.63) is 0 Å². The van der Waals surface area contributed by atoms with E-state index in [2.05, 4.69) is 34.6 Å². The minimum atomic E-state index is -4.95. The molecule has 0 aromatic heterocycles. The van der Waals surface area contributed by atoms with Crippen molar-refractivity contribution in [2.45, 2.75) is 387 Å². The number of hydrogen-bond acceptors (Lipinski definition) is 15. The Balaban J connectivity index is 5.02. The van der Waals surface area contributed by atoms with Crippen molar-refractivity contribution in [3.8, 4) is 0 Å². The lowest BCUT2D eigenvalue weighted by atomic mass is 9.99. The molecule has 3 N–H and O–H groups in total. The highest BCUT2D eigenvalue weighted by Gasteiger charge is 2.30. The van der Waals surface area contributed by atoms with Gasteiger partial charge in [-0.2, -0.15) is 0 Å². The molecule has 0 aliphatic rings. The summed E-state index contributed by atoms with van der Waals surface area (Å²) in [5.74, 6) is -1.30. The number of aliphatic hydroxyl groups excluding tert-OH is 1. The molecule has 0 aliphatic carbocycles. The first-order valence-corrected chi connectivity index (χ1v) is 40.2. The Bertz CT molecular complexity index is 1740. The van der Waals surface area contributed by atoms with Crippen LogP contribution in [0, 0.1) is 5.92 Å². The molecule has 19 heteroatoms. The summed E-state index contributed by atoms with van der Waals surface area (Å²) in [4.78, 5) is 71.9. The fraction of sp³-hybridized carbons (Fsp3) is 0.944. The van der Waals surface area contributed by atoms with Gasteiger partial charge in [-0.15, -0.1) is 0 Å². The SMILES string of the molecule is CCCCCCCCCCCCCCCCCCCCCCCCC(=O)O[C@H](COC(=O)CCCCCCCCCCCCCCCCC(C)CC)COP(=O)(O)OC[C@@H](O)COP(=O)(O)OC[C@@H](COC(=O)CCCCCCC)OC(=O)CCCCCCC. The molecule has 0 amide bonds. The van der Waals surface area contributed by atoms with Gasteiger partial charge in [0.05, 0.1) is 26.4 Å². The first-order valence-electron chi connectivity index (χ1n) is 37.2. The Morgan fingerprint density at radius 1 is 0.311 bits per heavy atom. The van der Waals surface area contributed by atoms with Crippen LogP contribution in [0.15, 0.2) is 0 Å². The first kappa shape index (κ1) is 88.1. The Morgan fingerprint density at radius 2 is 0.533 bits per heavy atom. The van der Waals surface area contributed by atoms with Crippen molar-refractivity contribution in [2.75, 3.05) is 39.6 Å². The van der Waals surface area contributed by atoms with Crippen LogP contribution in [-0.4, -0.2) is 96.7 Å². The lowest BCUT2D eigenvalue weighted by molar-refractivity contribution is -0.161. The van der Waals surface area contributed by atoms with Crippen LogP contribution in [0.2, 0.25) is 0 Å². The second-order valence-electron chi connectivity index (χ2n) is 25.9. The minimum Gasteiger partial charge on any atom is -0.462 e. The number of carbonyl (C=O) groups is 4. The highest BCUT2D eigenvalue weighted by atomic mass is 31.2. The van der Waals surface area contributed by atoms with E-state index in [4.69, 9.17) is 37.0 Å². The minimum absolute atomic E-state index is 0.0991. The van der Waals surface area contributed by atoms with Gasteiger partial charge in [0.25, 0.3) is 0 Å². The van der Waals surface area contributed by atoms with Crippen molar-refractivity contribution in [3.63, 3.8) is 0 Å². The third-order valence-electron chi connectivity index (χ3n) is 16.9. The zero-order chi connectivity index (χ0) is 66.3. The number of phosphoric acid groups is 2. The second kappa shape index (κ2) is 64.4. The van der Waals surface area contributed by atoms with Crippen LogP contribution in [0.1, 0.15) is 369 Å². The molecule has 0 aliphatic heterocycles. The molecule has 0 radical (unpaired) electrons. The summed E-state index contributed by atoms with van der Waals surface area (Å²) in [6.07, 6.45) is 52.4. The van der Waals surface area contributed by atoms with Gasteiger partial charge in [0, 0.05) is 25.7 Å². The smallest absolute Gasteiger partial charge is 0.462 e. The highest BCUT2D eigenvalue weighted by molar-refractivity contribution is 7.47. The van der Waals surface area contributed by atoms with Gasteiger partial charge in [-0.3, -0.25) is 37.3 Å². The number of unbranched alkanes of at least 4 members (excludes halogenated alkanes) is 42. The molecule has 0 fully saturated rings. The maximum atomic E-state index is 13.0. The number of ether oxygens (including phenoxy) is 4. The summed E-state index contributed by atoms with van der Waals surface area (Å²) in [7, 11) is -9.88. The maximum absolute atomic E-state index is 13.0. The van der Waals surface area contributed by atoms with Gasteiger partial charge >= 0.3 is 39.5 Å². The zero-order valence-corrected chi connectivity index (χ0v) is 60.1. The fourth-order valence-corrected chi connectivity index (χ4v) is 12.4. The zero-order valence-electron chi connectivity index (χ0n) is 58.3. The van der Waals surface area contributed by atoms with Crippen LogP contribution in [0.4, 0.5) is 0 Å². The van der Waals surface area contributed by atoms with E-state index in [0.717, 1.165) is 102 Å². The van der Waals surface area contributed by atoms with E-state index in [-0.39, 0.29) is 25.7 Å². The number of phosphoric ester groups is 2. The molecule has 0 rings (SSSR count). The molecule has 0 aromatic rings. The van der Waals surface area contributed by atoms with Gasteiger partial charge in [-0.25, -0.2) is 9.13 Å². The molecule has 90 heavy (non-hydrogen) atoms. The number of esters is 4. The molecular weight excluding hydrogens is 1190 g/mol. The average Bonchev–Trinajstić information content (AvgIpc) is 3.63. The monoisotopic (exact) mass is 1320 g/mol. The molecule has 0 spiro atoms. The maximum Gasteiger partial charge on any atom is 0.472 e. The topological polar surface area (TPSA) is 237 Å². The largest absolute Gasteiger partial charge is 0.472 e. The summed E-state index contributed by atoms with van der Waals surface area (Å²) < 4.78 is 67.8. The average molecular weight is 1330 g/mol. The Morgan fingerprint density at radius 3 is 0.789 bits per heavy atom. The van der Waals surface area contributed by atoms with Crippen LogP contribution < -0.4 is 0 Å². The van der Waals surface area contributed by atoms with Crippen LogP contribution >= 0.6 is 15.6 Å². The number of hydrogen-bond donors (Lipinski definition) is 3. The van der Waals surface area contributed by atoms with Crippen molar-refractivity contribution in [1.29, 1.82) is 0 Å². The van der Waals surface area contributed by atoms with Crippen LogP contribution in [0.25, 0.3) is 0 Å². The van der Waals surface area contributed by atoms with Crippen molar-refractivity contribution >= 4 is 39.5 Å². The molecule has 0 saturated carbocycles. The number of rotatable bonds is 71. The molecule has 0 aromatic carbocycles. The third-order valence-corrected chi connectivity index (χ3v) is 18.8. The van der Waals surface area contributed by atoms with E-state index in [1.807, 2.05) is 0 Å². The Labute approximate surface area is 549 Å². The molecule has 0 heterocycles. The van der Waals surface area contributed by atoms with Crippen molar-refractivity contribution < 1.29 is 80.2 Å². The molecule has 534 valence electrons. The molecule has 0 saturated heterocycles. The predicted molar refractivity (Wildman–Crippen MR) is 363 cm³/mol. The van der Waals surface area contributed by atoms with E-state index in [9.17, 15) is 43.2 Å². The van der Waals surface area contributed by atoms with E-state index in [0.29, 0.717) is 25.7 Å². The van der Waals surface area contributed by atoms with Crippen LogP contribution in [0.5, 0.6) is 0 Å². The van der Waals surface area contributed by atoms with Gasteiger partial charge in [0.1, 0.15) is 19.3 Å². The second-order valence-corrected chi connectivity index (χ2v) is 28.8. The van der Waals surface area contributed by atoms with Gasteiger partial charge in [-0.05, 0) is 31.6 Å². The Kier molecular flexibility index (Phi) is 63.0. The van der Waals surface area contributed by atoms with Gasteiger partial charge in [0.15, 0.2) is 12.2 Å². The highest BCUT2D eigenvalue weighted by Crippen LogP contribution is 2.45. The van der Waals surface area contributed by atoms with Gasteiger partial charge in [0.2, 0.25) is 0 Å². The molecule has 6 atom stereocenters. The molecular formula is C71H138O17P2. The predicted octanol–water partition coefficient (Wildman–Crippen LogP) is 20.5. The fourth-order valence-electron chi connectivity index (χ4n) is 10.8. The van der Waals surface area contributed by atoms with Crippen molar-refractivity contribution in [1.82, 2.24) is 0 Å². The summed E-state index contributed by atoms with van der Waals surface area (Å²) in [6.45, 7) is 7.11. The molecule has 0 bridgehead atoms. The van der Waals surface area contributed by atoms with E-state index in [1.165, 1.54) is 186 Å². The normalized spacial score (nSPS) is 14.4. The number of aliphatic hydroxyl groups is 1. The van der Waals surface area contributed by atoms with Gasteiger partial charge < -0.3 is 33.8 Å². The molecule has 17 nitrogen and oxygen atoms in total. The van der Waals surface area contributed by atoms with Crippen molar-refractivity contribution in [2.24, 2.45) is 5.92 Å². The Hall–Kier alpha value is -1.94. The summed E-state index contributed by atoms with van der Waals surface area (Å²) in [5, 5.41) is 10.5. The van der Waals surface area contributed by atoms with E-state index in [1.54, 1.807) is 0 Å². The summed E-state index contributed by atoms with van der Waals surface area (Å²) in [6, 6.07) is 0. The summed E-state index contributed by atoms with van der Waals surface area (Å²) in [5.41, 5.74) is 0. The molecule has 3 unspecified atom stereocenters. The van der Waals surface area contributed by atoms with Gasteiger partial charge in [-0.1, -0.05) is 317 Å². The lowest BCUT2D eigenvalue weighted by Gasteiger charge is -2.21. The quantitative estimate of drug-likeness (QED) is 0.0222. The third kappa shape index (κ3) is 63.5.